The zero-order chi connectivity index (χ0) is 6.24. The molecule has 3 radical (unpaired) electrons. The van der Waals surface area contributed by atoms with Gasteiger partial charge in [-0.2, -0.15) is 0 Å². The van der Waals surface area contributed by atoms with Crippen LogP contribution >= 0.6 is 0 Å². The summed E-state index contributed by atoms with van der Waals surface area (Å²) >= 11 is 0. The summed E-state index contributed by atoms with van der Waals surface area (Å²) in [6, 6.07) is 0. The number of unbranched alkanes of at least 4 members (excludes halogenated alkanes) is 5. The topological polar surface area (TPSA) is 30.5 Å². The molecule has 1 heteroatoms. The smallest absolute Gasteiger partial charge is 0 e. The monoisotopic (exact) mass is 128 g/mol. The third kappa shape index (κ3) is 11.5. The molecular formula is C8H18N. The maximum absolute atomic E-state index is 2.26. The summed E-state index contributed by atoms with van der Waals surface area (Å²) in [5.41, 5.74) is 0. The van der Waals surface area contributed by atoms with Crippen molar-refractivity contribution in [3.05, 3.63) is 0 Å². The van der Waals surface area contributed by atoms with Gasteiger partial charge in [0.15, 0.2) is 0 Å². The molecular weight excluding hydrogens is 110 g/mol. The first kappa shape index (κ1) is 11.7. The predicted molar refractivity (Wildman–Crippen MR) is 41.2 cm³/mol. The molecule has 0 fully saturated rings. The van der Waals surface area contributed by atoms with Crippen LogP contribution in [0.5, 0.6) is 0 Å². The van der Waals surface area contributed by atoms with Gasteiger partial charge >= 0.3 is 0 Å². The number of hydrogen-bond acceptors (Lipinski definition) is 0. The van der Waals surface area contributed by atoms with Crippen molar-refractivity contribution in [1.29, 1.82) is 0 Å². The SMILES string of the molecule is CCCCCCCC.[N]. The Hall–Kier alpha value is -0.0400. The van der Waals surface area contributed by atoms with Crippen LogP contribution in [0.4, 0.5) is 0 Å². The molecule has 0 unspecified atom stereocenters. The number of hydrogen-bond donors (Lipinski definition) is 0. The molecule has 1 nitrogen and oxygen atoms in total. The molecule has 0 aromatic rings. The Balaban J connectivity index is 0. The van der Waals surface area contributed by atoms with E-state index in [0.29, 0.717) is 0 Å². The van der Waals surface area contributed by atoms with E-state index in [1.165, 1.54) is 38.5 Å². The highest BCUT2D eigenvalue weighted by Gasteiger charge is 1.83. The van der Waals surface area contributed by atoms with Gasteiger partial charge in [0.05, 0.1) is 0 Å². The van der Waals surface area contributed by atoms with E-state index in [1.54, 1.807) is 0 Å². The minimum atomic E-state index is 0. The van der Waals surface area contributed by atoms with Crippen molar-refractivity contribution in [2.75, 3.05) is 0 Å². The quantitative estimate of drug-likeness (QED) is 0.510. The van der Waals surface area contributed by atoms with E-state index in [0.717, 1.165) is 0 Å². The van der Waals surface area contributed by atoms with Crippen LogP contribution in [0, 0.1) is 0 Å². The molecule has 0 aliphatic rings. The van der Waals surface area contributed by atoms with Crippen LogP contribution < -0.4 is 6.15 Å². The highest BCUT2D eigenvalue weighted by molar-refractivity contribution is 4.39. The summed E-state index contributed by atoms with van der Waals surface area (Å²) in [5, 5.41) is 0. The Kier molecular flexibility index (Phi) is 14.1. The fourth-order valence-corrected chi connectivity index (χ4v) is 0.854. The van der Waals surface area contributed by atoms with Crippen LogP contribution in [-0.2, 0) is 0 Å². The lowest BCUT2D eigenvalue weighted by Crippen LogP contribution is -1.73. The maximum Gasteiger partial charge on any atom is 0 e. The second kappa shape index (κ2) is 10.9. The lowest BCUT2D eigenvalue weighted by atomic mass is 10.1. The van der Waals surface area contributed by atoms with Gasteiger partial charge in [0.25, 0.3) is 0 Å². The van der Waals surface area contributed by atoms with E-state index in [2.05, 4.69) is 13.8 Å². The largest absolute Gasteiger partial charge is 0.0654 e. The van der Waals surface area contributed by atoms with Crippen molar-refractivity contribution < 1.29 is 0 Å². The van der Waals surface area contributed by atoms with Crippen LogP contribution in [0.2, 0.25) is 0 Å². The fourth-order valence-electron chi connectivity index (χ4n) is 0.854. The second-order valence-electron chi connectivity index (χ2n) is 2.41. The first-order chi connectivity index (χ1) is 3.91. The first-order valence-electron chi connectivity index (χ1n) is 3.91. The van der Waals surface area contributed by atoms with Crippen molar-refractivity contribution in [1.82, 2.24) is 6.15 Å². The molecule has 0 saturated carbocycles. The summed E-state index contributed by atoms with van der Waals surface area (Å²) in [6.07, 6.45) is 8.49. The molecule has 55 valence electrons. The maximum atomic E-state index is 2.26. The number of nitrogens with zero attached hydrogens (tertiary/aromatic N) is 1. The summed E-state index contributed by atoms with van der Waals surface area (Å²) < 4.78 is 0. The molecule has 0 amide bonds. The molecule has 0 aliphatic carbocycles. The highest BCUT2D eigenvalue weighted by atomic mass is 14.0. The zero-order valence-corrected chi connectivity index (χ0v) is 6.69. The molecule has 9 heavy (non-hydrogen) atoms. The van der Waals surface area contributed by atoms with Gasteiger partial charge in [0, 0.05) is 6.15 Å². The van der Waals surface area contributed by atoms with E-state index in [1.807, 2.05) is 0 Å². The predicted octanol–water partition coefficient (Wildman–Crippen LogP) is 2.89. The van der Waals surface area contributed by atoms with Crippen LogP contribution in [0.3, 0.4) is 0 Å². The lowest BCUT2D eigenvalue weighted by Gasteiger charge is -1.93. The molecule has 0 aliphatic heterocycles. The first-order valence-corrected chi connectivity index (χ1v) is 3.91. The molecule has 0 rings (SSSR count). The molecule has 0 spiro atoms. The summed E-state index contributed by atoms with van der Waals surface area (Å²) in [7, 11) is 0. The molecule has 0 N–H and O–H groups in total. The normalized spacial score (nSPS) is 8.67. The Bertz CT molecular complexity index is 29.5. The van der Waals surface area contributed by atoms with Gasteiger partial charge in [-0.3, -0.25) is 0 Å². The number of rotatable bonds is 5. The van der Waals surface area contributed by atoms with Gasteiger partial charge in [0.1, 0.15) is 0 Å². The fraction of sp³-hybridized carbons (Fsp3) is 1.00. The Labute approximate surface area is 59.4 Å². The Morgan fingerprint density at radius 3 is 1.22 bits per heavy atom. The van der Waals surface area contributed by atoms with Crippen molar-refractivity contribution >= 4 is 0 Å². The molecule has 0 aromatic carbocycles. The average Bonchev–Trinajstić information content (AvgIpc) is 1.81. The van der Waals surface area contributed by atoms with Crippen LogP contribution in [0.15, 0.2) is 0 Å². The average molecular weight is 128 g/mol. The van der Waals surface area contributed by atoms with E-state index >= 15 is 0 Å². The Morgan fingerprint density at radius 1 is 0.667 bits per heavy atom. The van der Waals surface area contributed by atoms with E-state index in [-0.39, 0.29) is 6.15 Å². The van der Waals surface area contributed by atoms with E-state index in [4.69, 9.17) is 0 Å². The van der Waals surface area contributed by atoms with Crippen LogP contribution in [-0.4, -0.2) is 0 Å². The molecule has 0 bridgehead atoms. The molecule has 0 saturated heterocycles. The van der Waals surface area contributed by atoms with Gasteiger partial charge < -0.3 is 0 Å². The van der Waals surface area contributed by atoms with E-state index < -0.39 is 0 Å². The standard InChI is InChI=1S/C8H18.N/c1-3-5-7-8-6-4-2;/h3-8H2,1-2H3;. The highest BCUT2D eigenvalue weighted by Crippen LogP contribution is 2.03. The molecule has 0 aromatic heterocycles. The van der Waals surface area contributed by atoms with Gasteiger partial charge in [0.2, 0.25) is 0 Å². The minimum Gasteiger partial charge on any atom is -0.0654 e. The van der Waals surface area contributed by atoms with Crippen molar-refractivity contribution in [2.24, 2.45) is 0 Å². The van der Waals surface area contributed by atoms with Gasteiger partial charge in [-0.1, -0.05) is 52.4 Å². The zero-order valence-electron chi connectivity index (χ0n) is 6.69. The minimum absolute atomic E-state index is 0. The van der Waals surface area contributed by atoms with Crippen molar-refractivity contribution in [3.8, 4) is 0 Å². The Morgan fingerprint density at radius 2 is 1.00 bits per heavy atom. The van der Waals surface area contributed by atoms with Crippen molar-refractivity contribution in [3.63, 3.8) is 0 Å². The van der Waals surface area contributed by atoms with Crippen molar-refractivity contribution in [2.45, 2.75) is 52.4 Å². The summed E-state index contributed by atoms with van der Waals surface area (Å²) in [4.78, 5) is 0. The van der Waals surface area contributed by atoms with Gasteiger partial charge in [-0.05, 0) is 0 Å². The molecule has 0 atom stereocenters. The lowest BCUT2D eigenvalue weighted by molar-refractivity contribution is 0.624. The van der Waals surface area contributed by atoms with Gasteiger partial charge in [-0.15, -0.1) is 0 Å². The van der Waals surface area contributed by atoms with Gasteiger partial charge in [-0.25, -0.2) is 0 Å². The third-order valence-corrected chi connectivity index (χ3v) is 1.46. The van der Waals surface area contributed by atoms with Crippen LogP contribution in [0.25, 0.3) is 0 Å². The molecule has 0 heterocycles. The van der Waals surface area contributed by atoms with E-state index in [9.17, 15) is 0 Å². The summed E-state index contributed by atoms with van der Waals surface area (Å²) in [6.45, 7) is 4.51. The second-order valence-corrected chi connectivity index (χ2v) is 2.41. The summed E-state index contributed by atoms with van der Waals surface area (Å²) in [5.74, 6) is 0. The van der Waals surface area contributed by atoms with Crippen LogP contribution in [0.1, 0.15) is 52.4 Å². The third-order valence-electron chi connectivity index (χ3n) is 1.46.